The molecule has 4 rings (SSSR count). The number of morpholine rings is 2. The van der Waals surface area contributed by atoms with E-state index in [9.17, 15) is 14.7 Å². The number of halogens is 1. The van der Waals surface area contributed by atoms with Crippen LogP contribution >= 0.6 is 23.4 Å². The van der Waals surface area contributed by atoms with Gasteiger partial charge < -0.3 is 9.47 Å². The summed E-state index contributed by atoms with van der Waals surface area (Å²) in [6.45, 7) is 3.96. The van der Waals surface area contributed by atoms with Gasteiger partial charge in [0, 0.05) is 42.8 Å². The van der Waals surface area contributed by atoms with E-state index >= 15 is 0 Å². The van der Waals surface area contributed by atoms with E-state index in [4.69, 9.17) is 14.5 Å². The third-order valence-electron chi connectivity index (χ3n) is 5.48. The highest BCUT2D eigenvalue weighted by Crippen LogP contribution is 2.55. The second-order valence-electron chi connectivity index (χ2n) is 7.64. The van der Waals surface area contributed by atoms with Crippen LogP contribution in [-0.4, -0.2) is 72.4 Å². The van der Waals surface area contributed by atoms with Crippen molar-refractivity contribution in [2.75, 3.05) is 58.0 Å². The van der Waals surface area contributed by atoms with Gasteiger partial charge in [-0.1, -0.05) is 15.9 Å². The topological polar surface area (TPSA) is 122 Å². The molecule has 0 bridgehead atoms. The summed E-state index contributed by atoms with van der Waals surface area (Å²) >= 11 is 3.43. The minimum absolute atomic E-state index is 0.0124. The van der Waals surface area contributed by atoms with Gasteiger partial charge in [-0.3, -0.25) is 25.5 Å². The third kappa shape index (κ3) is 5.83. The van der Waals surface area contributed by atoms with E-state index in [0.717, 1.165) is 4.47 Å². The van der Waals surface area contributed by atoms with Gasteiger partial charge in [-0.15, -0.1) is 0 Å². The quantitative estimate of drug-likeness (QED) is 0.173. The van der Waals surface area contributed by atoms with Crippen molar-refractivity contribution in [2.24, 2.45) is 4.99 Å². The number of aliphatic imine (C=N–C) groups is 1. The fraction of sp³-hybridized carbons (Fsp3) is 0.381. The summed E-state index contributed by atoms with van der Waals surface area (Å²) in [7, 11) is -3.36. The Bertz CT molecular complexity index is 1030. The molecule has 0 amide bonds. The number of nitro benzene ring substituents is 1. The van der Waals surface area contributed by atoms with Gasteiger partial charge in [-0.25, -0.2) is 14.3 Å². The van der Waals surface area contributed by atoms with Crippen molar-refractivity contribution >= 4 is 46.0 Å². The number of amidine groups is 1. The van der Waals surface area contributed by atoms with E-state index in [-0.39, 0.29) is 11.3 Å². The number of nitrogens with one attached hydrogen (secondary N) is 2. The zero-order valence-electron chi connectivity index (χ0n) is 18.4. The van der Waals surface area contributed by atoms with Crippen LogP contribution in [-0.2, 0) is 14.0 Å². The zero-order chi connectivity index (χ0) is 24.0. The van der Waals surface area contributed by atoms with Crippen molar-refractivity contribution < 1.29 is 19.0 Å². The molecular formula is C21H26BrN6O5P. The number of nitrogens with zero attached hydrogens (tertiary/aromatic N) is 4. The third-order valence-corrected chi connectivity index (χ3v) is 9.10. The Hall–Kier alpha value is -2.34. The van der Waals surface area contributed by atoms with E-state index in [1.165, 1.54) is 12.1 Å². The molecule has 2 N–H and O–H groups in total. The highest BCUT2D eigenvalue weighted by atomic mass is 79.9. The Morgan fingerprint density at radius 1 is 0.941 bits per heavy atom. The lowest BCUT2D eigenvalue weighted by molar-refractivity contribution is -0.384. The molecule has 2 heterocycles. The van der Waals surface area contributed by atoms with Gasteiger partial charge >= 0.3 is 0 Å². The van der Waals surface area contributed by atoms with Gasteiger partial charge in [0.25, 0.3) is 13.1 Å². The molecule has 2 aromatic carbocycles. The summed E-state index contributed by atoms with van der Waals surface area (Å²) in [6, 6.07) is 13.4. The van der Waals surface area contributed by atoms with Gasteiger partial charge in [-0.2, -0.15) is 0 Å². The molecule has 2 fully saturated rings. The lowest BCUT2D eigenvalue weighted by atomic mass is 10.3. The Morgan fingerprint density at radius 2 is 1.47 bits per heavy atom. The Labute approximate surface area is 205 Å². The fourth-order valence-corrected chi connectivity index (χ4v) is 6.71. The summed E-state index contributed by atoms with van der Waals surface area (Å²) in [5.41, 5.74) is 7.57. The van der Waals surface area contributed by atoms with Crippen LogP contribution in [0.5, 0.6) is 0 Å². The van der Waals surface area contributed by atoms with Gasteiger partial charge in [0.2, 0.25) is 5.58 Å². The first-order valence-electron chi connectivity index (χ1n) is 10.8. The Morgan fingerprint density at radius 3 is 1.97 bits per heavy atom. The molecule has 0 aliphatic carbocycles. The Kier molecular flexibility index (Phi) is 8.30. The molecule has 0 saturated carbocycles. The lowest BCUT2D eigenvalue weighted by Gasteiger charge is -2.42. The van der Waals surface area contributed by atoms with E-state index in [2.05, 4.69) is 26.8 Å². The highest BCUT2D eigenvalue weighted by molar-refractivity contribution is 9.10. The van der Waals surface area contributed by atoms with Crippen molar-refractivity contribution in [2.45, 2.75) is 0 Å². The first kappa shape index (κ1) is 24.8. The van der Waals surface area contributed by atoms with Crippen LogP contribution < -0.4 is 10.9 Å². The molecular weight excluding hydrogens is 527 g/mol. The second-order valence-corrected chi connectivity index (χ2v) is 11.2. The number of nitro groups is 1. The average Bonchev–Trinajstić information content (AvgIpc) is 2.88. The van der Waals surface area contributed by atoms with Gasteiger partial charge in [-0.05, 0) is 36.4 Å². The zero-order valence-corrected chi connectivity index (χ0v) is 20.9. The number of anilines is 1. The lowest BCUT2D eigenvalue weighted by Crippen LogP contribution is -2.48. The monoisotopic (exact) mass is 552 g/mol. The molecule has 2 aromatic rings. The molecule has 34 heavy (non-hydrogen) atoms. The summed E-state index contributed by atoms with van der Waals surface area (Å²) in [5.74, 6) is 0. The van der Waals surface area contributed by atoms with Crippen LogP contribution in [0.2, 0.25) is 0 Å². The average molecular weight is 553 g/mol. The minimum Gasteiger partial charge on any atom is -0.379 e. The van der Waals surface area contributed by atoms with Crippen molar-refractivity contribution in [1.29, 1.82) is 0 Å². The van der Waals surface area contributed by atoms with Crippen LogP contribution in [0.15, 0.2) is 58.0 Å². The first-order chi connectivity index (χ1) is 16.5. The van der Waals surface area contributed by atoms with E-state index in [1.54, 1.807) is 12.1 Å². The number of hydrogen-bond acceptors (Lipinski definition) is 7. The van der Waals surface area contributed by atoms with E-state index < -0.39 is 12.4 Å². The number of non-ortho nitro benzene ring substituents is 1. The fourth-order valence-electron chi connectivity index (χ4n) is 3.69. The summed E-state index contributed by atoms with van der Waals surface area (Å²) in [4.78, 5) is 15.3. The summed E-state index contributed by atoms with van der Waals surface area (Å²) in [5, 5.41) is 11.0. The van der Waals surface area contributed by atoms with Crippen LogP contribution in [0, 0.1) is 10.1 Å². The molecule has 2 aliphatic heterocycles. The predicted octanol–water partition coefficient (Wildman–Crippen LogP) is 3.82. The highest BCUT2D eigenvalue weighted by Gasteiger charge is 2.44. The largest absolute Gasteiger partial charge is 0.379 e. The van der Waals surface area contributed by atoms with Crippen molar-refractivity contribution in [3.8, 4) is 0 Å². The number of benzene rings is 2. The standard InChI is InChI=1S/C21H26BrN6O5P/c22-17-1-3-18(4-2-17)23-21(25-24-19-5-7-20(8-6-19)28(29)30)34(31,26-9-13-32-14-10-26)27-11-15-33-16-12-27/h1-8,24H,9-16H2,(H,23,25). The molecule has 0 radical (unpaired) electrons. The van der Waals surface area contributed by atoms with Crippen molar-refractivity contribution in [3.63, 3.8) is 0 Å². The first-order valence-corrected chi connectivity index (χ1v) is 13.2. The maximum absolute atomic E-state index is 14.9. The summed E-state index contributed by atoms with van der Waals surface area (Å²) in [6.07, 6.45) is 0. The van der Waals surface area contributed by atoms with Gasteiger partial charge in [0.1, 0.15) is 0 Å². The Balaban J connectivity index is 1.69. The van der Waals surface area contributed by atoms with E-state index in [0.29, 0.717) is 64.0 Å². The number of hydrogen-bond donors (Lipinski definition) is 2. The molecule has 182 valence electrons. The van der Waals surface area contributed by atoms with Gasteiger partial charge in [0.05, 0.1) is 42.7 Å². The molecule has 2 saturated heterocycles. The molecule has 2 aliphatic rings. The number of ether oxygens (including phenoxy) is 2. The van der Waals surface area contributed by atoms with Crippen LogP contribution in [0.4, 0.5) is 17.1 Å². The number of rotatable bonds is 7. The maximum atomic E-state index is 14.9. The van der Waals surface area contributed by atoms with Crippen LogP contribution in [0.25, 0.3) is 0 Å². The van der Waals surface area contributed by atoms with E-state index in [1.807, 2.05) is 33.6 Å². The molecule has 0 atom stereocenters. The molecule has 0 spiro atoms. The molecule has 13 heteroatoms. The van der Waals surface area contributed by atoms with Crippen LogP contribution in [0.1, 0.15) is 0 Å². The maximum Gasteiger partial charge on any atom is 0.281 e. The smallest absolute Gasteiger partial charge is 0.281 e. The molecule has 0 unspecified atom stereocenters. The normalized spacial score (nSPS) is 18.4. The predicted molar refractivity (Wildman–Crippen MR) is 133 cm³/mol. The SMILES string of the molecule is O=[N+]([O-])c1ccc(NNC(=Nc2ccc(Br)cc2)P(=O)(N2CCOCC2)N2CCOCC2)cc1. The number of hydrazine groups is 1. The van der Waals surface area contributed by atoms with Gasteiger partial charge in [0.15, 0.2) is 0 Å². The van der Waals surface area contributed by atoms with Crippen LogP contribution in [0.3, 0.4) is 0 Å². The summed E-state index contributed by atoms with van der Waals surface area (Å²) < 4.78 is 30.7. The second kappa shape index (κ2) is 11.4. The van der Waals surface area contributed by atoms with Crippen molar-refractivity contribution in [3.05, 3.63) is 63.1 Å². The molecule has 0 aromatic heterocycles. The molecule has 11 nitrogen and oxygen atoms in total. The minimum atomic E-state index is -3.36. The van der Waals surface area contributed by atoms with Crippen molar-refractivity contribution in [1.82, 2.24) is 14.8 Å².